The highest BCUT2D eigenvalue weighted by Gasteiger charge is 2.19. The highest BCUT2D eigenvalue weighted by atomic mass is 32.2. The lowest BCUT2D eigenvalue weighted by Crippen LogP contribution is -2.06. The quantitative estimate of drug-likeness (QED) is 0.521. The summed E-state index contributed by atoms with van der Waals surface area (Å²) in [4.78, 5) is 1.07. The van der Waals surface area contributed by atoms with Crippen LogP contribution in [0, 0.1) is 0 Å². The van der Waals surface area contributed by atoms with Gasteiger partial charge >= 0.3 is 0 Å². The van der Waals surface area contributed by atoms with E-state index in [1.54, 1.807) is 11.8 Å². The van der Waals surface area contributed by atoms with E-state index in [1.807, 2.05) is 6.26 Å². The number of hydrogen-bond acceptors (Lipinski definition) is 3. The topological polar surface area (TPSA) is 9.23 Å². The number of hydrogen-bond donors (Lipinski definition) is 0. The van der Waals surface area contributed by atoms with E-state index in [0.29, 0.717) is 0 Å². The molecule has 1 heterocycles. The molecule has 0 radical (unpaired) electrons. The van der Waals surface area contributed by atoms with E-state index in [1.165, 1.54) is 0 Å². The fourth-order valence-electron chi connectivity index (χ4n) is 0.677. The Balaban J connectivity index is 2.42. The normalized spacial score (nSPS) is 29.1. The molecule has 1 nitrogen and oxygen atoms in total. The SMILES string of the molecule is CSC1OCCC1=S. The van der Waals surface area contributed by atoms with Crippen LogP contribution in [0.1, 0.15) is 6.42 Å². The second kappa shape index (κ2) is 2.80. The maximum Gasteiger partial charge on any atom is 0.134 e. The zero-order valence-electron chi connectivity index (χ0n) is 4.72. The van der Waals surface area contributed by atoms with Crippen LogP contribution in [0.5, 0.6) is 0 Å². The Hall–Kier alpha value is 0.400. The van der Waals surface area contributed by atoms with Gasteiger partial charge in [-0.25, -0.2) is 0 Å². The summed E-state index contributed by atoms with van der Waals surface area (Å²) >= 11 is 6.67. The Bertz CT molecular complexity index is 103. The molecule has 0 aromatic rings. The van der Waals surface area contributed by atoms with Crippen molar-refractivity contribution in [3.8, 4) is 0 Å². The zero-order valence-corrected chi connectivity index (χ0v) is 6.35. The third kappa shape index (κ3) is 1.21. The summed E-state index contributed by atoms with van der Waals surface area (Å²) in [5, 5.41) is 0. The zero-order chi connectivity index (χ0) is 5.98. The second-order valence-electron chi connectivity index (χ2n) is 1.65. The molecule has 0 amide bonds. The number of ether oxygens (including phenoxy) is 1. The standard InChI is InChI=1S/C5H8OS2/c1-8-5-4(7)2-3-6-5/h5H,2-3H2,1H3. The maximum absolute atomic E-state index is 5.24. The molecule has 1 unspecified atom stereocenters. The van der Waals surface area contributed by atoms with Crippen LogP contribution in [-0.4, -0.2) is 23.2 Å². The van der Waals surface area contributed by atoms with Crippen molar-refractivity contribution in [2.75, 3.05) is 12.9 Å². The average Bonchev–Trinajstić information content (AvgIpc) is 2.14. The van der Waals surface area contributed by atoms with E-state index in [0.717, 1.165) is 17.9 Å². The van der Waals surface area contributed by atoms with Crippen molar-refractivity contribution >= 4 is 28.8 Å². The van der Waals surface area contributed by atoms with Crippen molar-refractivity contribution in [3.63, 3.8) is 0 Å². The monoisotopic (exact) mass is 148 g/mol. The Morgan fingerprint density at radius 2 is 2.62 bits per heavy atom. The van der Waals surface area contributed by atoms with E-state index in [2.05, 4.69) is 0 Å². The second-order valence-corrected chi connectivity index (χ2v) is 3.08. The highest BCUT2D eigenvalue weighted by Crippen LogP contribution is 2.18. The van der Waals surface area contributed by atoms with E-state index in [4.69, 9.17) is 17.0 Å². The fourth-order valence-corrected chi connectivity index (χ4v) is 1.73. The molecular weight excluding hydrogens is 140 g/mol. The molecule has 0 aromatic heterocycles. The smallest absolute Gasteiger partial charge is 0.134 e. The minimum atomic E-state index is 0.213. The molecule has 46 valence electrons. The molecule has 0 aliphatic carbocycles. The summed E-state index contributed by atoms with van der Waals surface area (Å²) in [5.74, 6) is 0. The van der Waals surface area contributed by atoms with Crippen molar-refractivity contribution < 1.29 is 4.74 Å². The Morgan fingerprint density at radius 3 is 2.88 bits per heavy atom. The van der Waals surface area contributed by atoms with Crippen molar-refractivity contribution in [2.45, 2.75) is 11.9 Å². The summed E-state index contributed by atoms with van der Waals surface area (Å²) in [6.07, 6.45) is 2.99. The summed E-state index contributed by atoms with van der Waals surface area (Å²) in [5.41, 5.74) is 0.213. The molecule has 8 heavy (non-hydrogen) atoms. The predicted molar refractivity (Wildman–Crippen MR) is 40.5 cm³/mol. The molecule has 1 fully saturated rings. The van der Waals surface area contributed by atoms with Gasteiger partial charge in [-0.3, -0.25) is 0 Å². The van der Waals surface area contributed by atoms with E-state index < -0.39 is 0 Å². The Morgan fingerprint density at radius 1 is 1.88 bits per heavy atom. The van der Waals surface area contributed by atoms with E-state index in [-0.39, 0.29) is 5.44 Å². The van der Waals surface area contributed by atoms with Crippen LogP contribution in [0.3, 0.4) is 0 Å². The molecule has 1 saturated heterocycles. The van der Waals surface area contributed by atoms with Crippen molar-refractivity contribution in [2.24, 2.45) is 0 Å². The third-order valence-corrected chi connectivity index (χ3v) is 2.51. The summed E-state index contributed by atoms with van der Waals surface area (Å²) in [7, 11) is 0. The van der Waals surface area contributed by atoms with Gasteiger partial charge < -0.3 is 4.74 Å². The number of thiocarbonyl (C=S) groups is 1. The van der Waals surface area contributed by atoms with Crippen molar-refractivity contribution in [1.82, 2.24) is 0 Å². The van der Waals surface area contributed by atoms with Crippen LogP contribution in [-0.2, 0) is 4.74 Å². The molecule has 0 bridgehead atoms. The molecular formula is C5H8OS2. The van der Waals surface area contributed by atoms with E-state index >= 15 is 0 Å². The van der Waals surface area contributed by atoms with Crippen LogP contribution in [0.15, 0.2) is 0 Å². The largest absolute Gasteiger partial charge is 0.362 e. The van der Waals surface area contributed by atoms with Gasteiger partial charge in [0.25, 0.3) is 0 Å². The lowest BCUT2D eigenvalue weighted by Gasteiger charge is -2.02. The first-order chi connectivity index (χ1) is 3.84. The molecule has 0 saturated carbocycles. The minimum Gasteiger partial charge on any atom is -0.362 e. The summed E-state index contributed by atoms with van der Waals surface area (Å²) < 4.78 is 5.24. The molecule has 1 aliphatic heterocycles. The van der Waals surface area contributed by atoms with Crippen LogP contribution < -0.4 is 0 Å². The minimum absolute atomic E-state index is 0.213. The van der Waals surface area contributed by atoms with Gasteiger partial charge in [0, 0.05) is 11.3 Å². The predicted octanol–water partition coefficient (Wildman–Crippen LogP) is 1.47. The molecule has 3 heteroatoms. The van der Waals surface area contributed by atoms with Crippen LogP contribution in [0.25, 0.3) is 0 Å². The van der Waals surface area contributed by atoms with Gasteiger partial charge in [0.1, 0.15) is 5.44 Å². The summed E-state index contributed by atoms with van der Waals surface area (Å²) in [6, 6.07) is 0. The van der Waals surface area contributed by atoms with Gasteiger partial charge in [0.2, 0.25) is 0 Å². The number of rotatable bonds is 1. The van der Waals surface area contributed by atoms with Gasteiger partial charge in [-0.05, 0) is 6.26 Å². The highest BCUT2D eigenvalue weighted by molar-refractivity contribution is 8.01. The van der Waals surface area contributed by atoms with Crippen LogP contribution in [0.4, 0.5) is 0 Å². The molecule has 1 aliphatic rings. The number of thioether (sulfide) groups is 1. The average molecular weight is 148 g/mol. The van der Waals surface area contributed by atoms with Gasteiger partial charge in [-0.15, -0.1) is 11.8 Å². The molecule has 0 aromatic carbocycles. The van der Waals surface area contributed by atoms with Gasteiger partial charge in [-0.1, -0.05) is 12.2 Å². The fraction of sp³-hybridized carbons (Fsp3) is 0.800. The van der Waals surface area contributed by atoms with Gasteiger partial charge in [-0.2, -0.15) is 0 Å². The van der Waals surface area contributed by atoms with Gasteiger partial charge in [0.05, 0.1) is 6.61 Å². The Kier molecular flexibility index (Phi) is 2.28. The van der Waals surface area contributed by atoms with Crippen LogP contribution >= 0.6 is 24.0 Å². The first-order valence-corrected chi connectivity index (χ1v) is 4.21. The van der Waals surface area contributed by atoms with Crippen LogP contribution in [0.2, 0.25) is 0 Å². The van der Waals surface area contributed by atoms with E-state index in [9.17, 15) is 0 Å². The lowest BCUT2D eigenvalue weighted by atomic mass is 10.4. The van der Waals surface area contributed by atoms with Crippen molar-refractivity contribution in [1.29, 1.82) is 0 Å². The molecule has 1 atom stereocenters. The van der Waals surface area contributed by atoms with Crippen molar-refractivity contribution in [3.05, 3.63) is 0 Å². The molecule has 0 N–H and O–H groups in total. The maximum atomic E-state index is 5.24. The molecule has 1 rings (SSSR count). The lowest BCUT2D eigenvalue weighted by molar-refractivity contribution is 0.188. The van der Waals surface area contributed by atoms with Gasteiger partial charge in [0.15, 0.2) is 0 Å². The molecule has 0 spiro atoms. The summed E-state index contributed by atoms with van der Waals surface area (Å²) in [6.45, 7) is 0.824. The first kappa shape index (κ1) is 6.52. The first-order valence-electron chi connectivity index (χ1n) is 2.51. The Labute approximate surface area is 58.8 Å². The third-order valence-electron chi connectivity index (χ3n) is 1.09.